The minimum absolute atomic E-state index is 0.0996. The summed E-state index contributed by atoms with van der Waals surface area (Å²) in [5.41, 5.74) is 1.20. The Morgan fingerprint density at radius 3 is 2.50 bits per heavy atom. The van der Waals surface area contributed by atoms with Gasteiger partial charge in [-0.2, -0.15) is 18.3 Å². The number of carbonyl (C=O) groups excluding carboxylic acids is 1. The summed E-state index contributed by atoms with van der Waals surface area (Å²) in [7, 11) is 0. The number of alkyl halides is 3. The van der Waals surface area contributed by atoms with E-state index in [2.05, 4.69) is 10.4 Å². The zero-order valence-electron chi connectivity index (χ0n) is 14.6. The summed E-state index contributed by atoms with van der Waals surface area (Å²) in [5, 5.41) is 6.99. The normalized spacial score (nSPS) is 15.9. The highest BCUT2D eigenvalue weighted by atomic mass is 19.4. The van der Waals surface area contributed by atoms with Gasteiger partial charge in [0.25, 0.3) is 0 Å². The molecule has 0 bridgehead atoms. The summed E-state index contributed by atoms with van der Waals surface area (Å²) < 4.78 is 46.1. The van der Waals surface area contributed by atoms with Gasteiger partial charge >= 0.3 is 6.18 Å². The van der Waals surface area contributed by atoms with E-state index in [0.717, 1.165) is 23.5 Å². The summed E-state index contributed by atoms with van der Waals surface area (Å²) in [6.07, 6.45) is -3.38. The van der Waals surface area contributed by atoms with Gasteiger partial charge < -0.3 is 10.1 Å². The molecule has 140 valence electrons. The number of hydrogen-bond donors (Lipinski definition) is 1. The number of nitrogens with zero attached hydrogens (tertiary/aromatic N) is 2. The van der Waals surface area contributed by atoms with E-state index in [9.17, 15) is 18.0 Å². The first-order valence-electron chi connectivity index (χ1n) is 8.39. The molecule has 0 unspecified atom stereocenters. The number of ether oxygens (including phenoxy) is 1. The van der Waals surface area contributed by atoms with Gasteiger partial charge in [-0.3, -0.25) is 4.79 Å². The Labute approximate surface area is 149 Å². The third-order valence-electron chi connectivity index (χ3n) is 4.41. The van der Waals surface area contributed by atoms with Crippen LogP contribution in [-0.4, -0.2) is 28.9 Å². The molecule has 1 fully saturated rings. The highest BCUT2D eigenvalue weighted by Crippen LogP contribution is 2.34. The lowest BCUT2D eigenvalue weighted by Crippen LogP contribution is -2.29. The average Bonchev–Trinajstić information content (AvgIpc) is 2.93. The molecule has 1 N–H and O–H groups in total. The molecule has 1 aromatic carbocycles. The van der Waals surface area contributed by atoms with E-state index in [1.165, 1.54) is 10.7 Å². The topological polar surface area (TPSA) is 56.2 Å². The number of benzene rings is 1. The van der Waals surface area contributed by atoms with Gasteiger partial charge in [0, 0.05) is 24.8 Å². The van der Waals surface area contributed by atoms with Crippen LogP contribution in [-0.2, 0) is 15.7 Å². The average molecular weight is 367 g/mol. The van der Waals surface area contributed by atoms with E-state index >= 15 is 0 Å². The third kappa shape index (κ3) is 3.90. The van der Waals surface area contributed by atoms with Crippen LogP contribution in [0.3, 0.4) is 0 Å². The summed E-state index contributed by atoms with van der Waals surface area (Å²) in [6, 6.07) is 5.11. The molecule has 3 rings (SSSR count). The predicted molar refractivity (Wildman–Crippen MR) is 90.2 cm³/mol. The zero-order chi connectivity index (χ0) is 18.9. The molecule has 2 aromatic rings. The minimum atomic E-state index is -4.49. The maximum absolute atomic E-state index is 13.1. The van der Waals surface area contributed by atoms with Gasteiger partial charge in [-0.25, -0.2) is 4.68 Å². The Balaban J connectivity index is 1.98. The molecule has 0 atom stereocenters. The van der Waals surface area contributed by atoms with Crippen LogP contribution in [0, 0.1) is 19.8 Å². The Morgan fingerprint density at radius 1 is 1.23 bits per heavy atom. The van der Waals surface area contributed by atoms with Crippen molar-refractivity contribution in [3.63, 3.8) is 0 Å². The summed E-state index contributed by atoms with van der Waals surface area (Å²) in [5.74, 6) is -0.568. The van der Waals surface area contributed by atoms with E-state index in [4.69, 9.17) is 4.74 Å². The van der Waals surface area contributed by atoms with Crippen LogP contribution >= 0.6 is 0 Å². The fourth-order valence-corrected chi connectivity index (χ4v) is 3.06. The molecule has 1 aliphatic heterocycles. The molecule has 1 aliphatic rings. The molecule has 0 aliphatic carbocycles. The van der Waals surface area contributed by atoms with Crippen molar-refractivity contribution in [2.75, 3.05) is 18.5 Å². The molecular weight excluding hydrogens is 347 g/mol. The first kappa shape index (κ1) is 18.4. The maximum Gasteiger partial charge on any atom is 0.416 e. The Morgan fingerprint density at radius 2 is 1.92 bits per heavy atom. The van der Waals surface area contributed by atoms with Crippen molar-refractivity contribution in [2.45, 2.75) is 32.9 Å². The summed E-state index contributed by atoms with van der Waals surface area (Å²) >= 11 is 0. The van der Waals surface area contributed by atoms with Crippen molar-refractivity contribution >= 4 is 11.6 Å². The number of aryl methyl sites for hydroxylation is 2. The van der Waals surface area contributed by atoms with Crippen molar-refractivity contribution in [1.29, 1.82) is 0 Å². The monoisotopic (exact) mass is 367 g/mol. The first-order chi connectivity index (χ1) is 12.3. The van der Waals surface area contributed by atoms with E-state index in [-0.39, 0.29) is 17.5 Å². The lowest BCUT2D eigenvalue weighted by atomic mass is 9.99. The second kappa shape index (κ2) is 7.11. The standard InChI is InChI=1S/C18H20F3N3O2/c1-11-9-12(2)24(23-11)16-4-3-14(18(19,20)21)10-15(16)22-17(25)13-5-7-26-8-6-13/h3-4,9-10,13H,5-8H2,1-2H3,(H,22,25). The third-order valence-corrected chi connectivity index (χ3v) is 4.41. The first-order valence-corrected chi connectivity index (χ1v) is 8.39. The van der Waals surface area contributed by atoms with E-state index in [1.54, 1.807) is 6.92 Å². The van der Waals surface area contributed by atoms with Gasteiger partial charge in [0.1, 0.15) is 0 Å². The van der Waals surface area contributed by atoms with Crippen LogP contribution in [0.15, 0.2) is 24.3 Å². The quantitative estimate of drug-likeness (QED) is 0.896. The van der Waals surface area contributed by atoms with Gasteiger partial charge in [-0.1, -0.05) is 0 Å². The number of hydrogen-bond acceptors (Lipinski definition) is 3. The largest absolute Gasteiger partial charge is 0.416 e. The fourth-order valence-electron chi connectivity index (χ4n) is 3.06. The van der Waals surface area contributed by atoms with Crippen molar-refractivity contribution < 1.29 is 22.7 Å². The number of halogens is 3. The zero-order valence-corrected chi connectivity index (χ0v) is 14.6. The number of aromatic nitrogens is 2. The lowest BCUT2D eigenvalue weighted by molar-refractivity contribution is -0.137. The van der Waals surface area contributed by atoms with Crippen molar-refractivity contribution in [3.8, 4) is 5.69 Å². The van der Waals surface area contributed by atoms with E-state index in [1.807, 2.05) is 13.0 Å². The van der Waals surface area contributed by atoms with Crippen LogP contribution in [0.2, 0.25) is 0 Å². The molecular formula is C18H20F3N3O2. The van der Waals surface area contributed by atoms with Gasteiger partial charge in [-0.15, -0.1) is 0 Å². The van der Waals surface area contributed by atoms with Gasteiger partial charge in [-0.05, 0) is 51.0 Å². The van der Waals surface area contributed by atoms with Crippen molar-refractivity contribution in [3.05, 3.63) is 41.2 Å². The van der Waals surface area contributed by atoms with E-state index in [0.29, 0.717) is 31.7 Å². The molecule has 2 heterocycles. The number of anilines is 1. The number of rotatable bonds is 3. The van der Waals surface area contributed by atoms with Crippen LogP contribution < -0.4 is 5.32 Å². The van der Waals surface area contributed by atoms with Gasteiger partial charge in [0.2, 0.25) is 5.91 Å². The van der Waals surface area contributed by atoms with Gasteiger partial charge in [0.05, 0.1) is 22.6 Å². The molecule has 8 heteroatoms. The summed E-state index contributed by atoms with van der Waals surface area (Å²) in [4.78, 5) is 12.5. The van der Waals surface area contributed by atoms with Gasteiger partial charge in [0.15, 0.2) is 0 Å². The minimum Gasteiger partial charge on any atom is -0.381 e. The van der Waals surface area contributed by atoms with Crippen LogP contribution in [0.25, 0.3) is 5.69 Å². The molecule has 1 saturated heterocycles. The smallest absolute Gasteiger partial charge is 0.381 e. The fraction of sp³-hybridized carbons (Fsp3) is 0.444. The molecule has 1 aromatic heterocycles. The molecule has 0 radical (unpaired) electrons. The molecule has 0 saturated carbocycles. The highest BCUT2D eigenvalue weighted by molar-refractivity contribution is 5.94. The Kier molecular flexibility index (Phi) is 5.04. The van der Waals surface area contributed by atoms with Crippen LogP contribution in [0.5, 0.6) is 0 Å². The number of nitrogens with one attached hydrogen (secondary N) is 1. The number of carbonyl (C=O) groups is 1. The lowest BCUT2D eigenvalue weighted by Gasteiger charge is -2.22. The summed E-state index contributed by atoms with van der Waals surface area (Å²) in [6.45, 7) is 4.56. The van der Waals surface area contributed by atoms with Crippen LogP contribution in [0.4, 0.5) is 18.9 Å². The van der Waals surface area contributed by atoms with Crippen molar-refractivity contribution in [1.82, 2.24) is 9.78 Å². The molecule has 0 spiro atoms. The highest BCUT2D eigenvalue weighted by Gasteiger charge is 2.32. The number of amides is 1. The molecule has 1 amide bonds. The second-order valence-electron chi connectivity index (χ2n) is 6.44. The van der Waals surface area contributed by atoms with E-state index < -0.39 is 11.7 Å². The molecule has 5 nitrogen and oxygen atoms in total. The maximum atomic E-state index is 13.1. The Hall–Kier alpha value is -2.35. The second-order valence-corrected chi connectivity index (χ2v) is 6.44. The molecule has 26 heavy (non-hydrogen) atoms. The predicted octanol–water partition coefficient (Wildman–Crippen LogP) is 3.87. The Bertz CT molecular complexity index is 808. The van der Waals surface area contributed by atoms with Crippen molar-refractivity contribution in [2.24, 2.45) is 5.92 Å². The SMILES string of the molecule is Cc1cc(C)n(-c2ccc(C(F)(F)F)cc2NC(=O)C2CCOCC2)n1. The van der Waals surface area contributed by atoms with Crippen LogP contribution in [0.1, 0.15) is 29.8 Å².